The minimum Gasteiger partial charge on any atom is -0.364 e. The summed E-state index contributed by atoms with van der Waals surface area (Å²) < 4.78 is 38.8. The summed E-state index contributed by atoms with van der Waals surface area (Å²) in [6.45, 7) is 3.80. The minimum absolute atomic E-state index is 0.0484. The number of aryl methyl sites for hydroxylation is 1. The van der Waals surface area contributed by atoms with Crippen LogP contribution in [0.15, 0.2) is 0 Å². The van der Waals surface area contributed by atoms with Gasteiger partial charge in [0, 0.05) is 6.54 Å². The molecule has 0 saturated heterocycles. The second-order valence-electron chi connectivity index (χ2n) is 4.05. The monoisotopic (exact) mass is 250 g/mol. The van der Waals surface area contributed by atoms with E-state index in [0.717, 1.165) is 0 Å². The molecule has 1 aromatic heterocycles. The molecule has 0 aliphatic carbocycles. The van der Waals surface area contributed by atoms with E-state index in [0.29, 0.717) is 11.1 Å². The molecule has 8 heteroatoms. The predicted octanol–water partition coefficient (Wildman–Crippen LogP) is 1.44. The van der Waals surface area contributed by atoms with Crippen LogP contribution in [0.4, 0.5) is 13.2 Å². The molecule has 0 atom stereocenters. The van der Waals surface area contributed by atoms with E-state index in [1.165, 1.54) is 0 Å². The molecule has 96 valence electrons. The zero-order valence-corrected chi connectivity index (χ0v) is 9.45. The fourth-order valence-electron chi connectivity index (χ4n) is 1.30. The number of primary amides is 1. The van der Waals surface area contributed by atoms with Crippen LogP contribution in [0.1, 0.15) is 36.5 Å². The normalized spacial score (nSPS) is 12.1. The lowest BCUT2D eigenvalue weighted by molar-refractivity contribution is -0.144. The lowest BCUT2D eigenvalue weighted by atomic mass is 10.1. The summed E-state index contributed by atoms with van der Waals surface area (Å²) in [6, 6.07) is 0. The Bertz CT molecular complexity index is 411. The van der Waals surface area contributed by atoms with Crippen molar-refractivity contribution in [3.05, 3.63) is 11.4 Å². The largest absolute Gasteiger partial charge is 0.435 e. The highest BCUT2D eigenvalue weighted by atomic mass is 19.4. The van der Waals surface area contributed by atoms with Crippen LogP contribution >= 0.6 is 0 Å². The first-order valence-corrected chi connectivity index (χ1v) is 5.04. The molecule has 0 radical (unpaired) electrons. The predicted molar refractivity (Wildman–Crippen MR) is 53.0 cm³/mol. The Morgan fingerprint density at radius 2 is 2.06 bits per heavy atom. The molecule has 0 saturated carbocycles. The maximum atomic E-state index is 12.7. The van der Waals surface area contributed by atoms with Gasteiger partial charge in [0.25, 0.3) is 5.91 Å². The fraction of sp³-hybridized carbons (Fsp3) is 0.667. The third-order valence-electron chi connectivity index (χ3n) is 2.16. The maximum absolute atomic E-state index is 12.7. The summed E-state index contributed by atoms with van der Waals surface area (Å²) in [6.07, 6.45) is -4.19. The van der Waals surface area contributed by atoms with Crippen LogP contribution in [-0.2, 0) is 12.7 Å². The van der Waals surface area contributed by atoms with Crippen molar-refractivity contribution in [3.63, 3.8) is 0 Å². The highest BCUT2D eigenvalue weighted by Gasteiger charge is 2.40. The van der Waals surface area contributed by atoms with Crippen LogP contribution in [0.2, 0.25) is 0 Å². The number of alkyl halides is 3. The molecule has 0 aliphatic rings. The fourth-order valence-corrected chi connectivity index (χ4v) is 1.30. The van der Waals surface area contributed by atoms with Crippen molar-refractivity contribution < 1.29 is 18.0 Å². The Morgan fingerprint density at radius 1 is 1.47 bits per heavy atom. The van der Waals surface area contributed by atoms with E-state index in [2.05, 4.69) is 10.3 Å². The van der Waals surface area contributed by atoms with E-state index in [4.69, 9.17) is 5.73 Å². The van der Waals surface area contributed by atoms with Crippen LogP contribution in [-0.4, -0.2) is 20.9 Å². The van der Waals surface area contributed by atoms with Crippen molar-refractivity contribution in [1.82, 2.24) is 15.0 Å². The van der Waals surface area contributed by atoms with Crippen molar-refractivity contribution in [2.24, 2.45) is 11.7 Å². The summed E-state index contributed by atoms with van der Waals surface area (Å²) in [5, 5.41) is 6.50. The lowest BCUT2D eigenvalue weighted by Crippen LogP contribution is -2.22. The van der Waals surface area contributed by atoms with Gasteiger partial charge in [-0.3, -0.25) is 4.79 Å². The van der Waals surface area contributed by atoms with Crippen LogP contribution in [0.3, 0.4) is 0 Å². The Labute approximate surface area is 95.8 Å². The maximum Gasteiger partial charge on any atom is 0.435 e. The number of carbonyl (C=O) groups excluding carboxylic acids is 1. The topological polar surface area (TPSA) is 73.8 Å². The molecule has 17 heavy (non-hydrogen) atoms. The lowest BCUT2D eigenvalue weighted by Gasteiger charge is -2.11. The number of carbonyl (C=O) groups is 1. The minimum atomic E-state index is -4.69. The van der Waals surface area contributed by atoms with E-state index in [9.17, 15) is 18.0 Å². The van der Waals surface area contributed by atoms with E-state index in [-0.39, 0.29) is 12.5 Å². The second-order valence-corrected chi connectivity index (χ2v) is 4.05. The Hall–Kier alpha value is -1.60. The number of hydrogen-bond donors (Lipinski definition) is 1. The molecule has 1 rings (SSSR count). The number of amides is 1. The van der Waals surface area contributed by atoms with E-state index in [1.807, 2.05) is 13.8 Å². The molecule has 0 unspecified atom stereocenters. The SMILES string of the molecule is CC(C)CCn1nnc(C(N)=O)c1C(F)(F)F. The molecule has 1 heterocycles. The molecule has 0 aliphatic heterocycles. The first-order chi connectivity index (χ1) is 7.73. The molecular formula is C9H13F3N4O. The van der Waals surface area contributed by atoms with Gasteiger partial charge in [-0.25, -0.2) is 4.68 Å². The quantitative estimate of drug-likeness (QED) is 0.878. The summed E-state index contributed by atoms with van der Waals surface area (Å²) >= 11 is 0. The van der Waals surface area contributed by atoms with E-state index < -0.39 is 23.5 Å². The van der Waals surface area contributed by atoms with Gasteiger partial charge in [-0.15, -0.1) is 5.10 Å². The van der Waals surface area contributed by atoms with Gasteiger partial charge in [0.1, 0.15) is 0 Å². The Morgan fingerprint density at radius 3 is 2.47 bits per heavy atom. The average molecular weight is 250 g/mol. The van der Waals surface area contributed by atoms with Gasteiger partial charge in [-0.05, 0) is 12.3 Å². The third-order valence-corrected chi connectivity index (χ3v) is 2.16. The second kappa shape index (κ2) is 4.72. The van der Waals surface area contributed by atoms with Crippen LogP contribution in [0, 0.1) is 5.92 Å². The van der Waals surface area contributed by atoms with Crippen LogP contribution < -0.4 is 5.73 Å². The first kappa shape index (κ1) is 13.5. The van der Waals surface area contributed by atoms with Gasteiger partial charge in [-0.2, -0.15) is 13.2 Å². The Kier molecular flexibility index (Phi) is 3.74. The van der Waals surface area contributed by atoms with Gasteiger partial charge in [0.2, 0.25) is 0 Å². The number of halogens is 3. The summed E-state index contributed by atoms with van der Waals surface area (Å²) in [4.78, 5) is 10.8. The zero-order valence-electron chi connectivity index (χ0n) is 9.45. The van der Waals surface area contributed by atoms with Gasteiger partial charge < -0.3 is 5.73 Å². The third kappa shape index (κ3) is 3.18. The Balaban J connectivity index is 3.10. The standard InChI is InChI=1S/C9H13F3N4O/c1-5(2)3-4-16-7(9(10,11)12)6(8(13)17)14-15-16/h5H,3-4H2,1-2H3,(H2,13,17). The molecular weight excluding hydrogens is 237 g/mol. The van der Waals surface area contributed by atoms with Crippen molar-refractivity contribution >= 4 is 5.91 Å². The molecule has 2 N–H and O–H groups in total. The summed E-state index contributed by atoms with van der Waals surface area (Å²) in [5.74, 6) is -1.01. The van der Waals surface area contributed by atoms with Crippen molar-refractivity contribution in [2.75, 3.05) is 0 Å². The van der Waals surface area contributed by atoms with Gasteiger partial charge in [0.05, 0.1) is 0 Å². The number of rotatable bonds is 4. The van der Waals surface area contributed by atoms with Gasteiger partial charge in [0.15, 0.2) is 11.4 Å². The van der Waals surface area contributed by atoms with Gasteiger partial charge >= 0.3 is 6.18 Å². The first-order valence-electron chi connectivity index (χ1n) is 5.04. The number of nitrogens with two attached hydrogens (primary N) is 1. The highest BCUT2D eigenvalue weighted by Crippen LogP contribution is 2.31. The molecule has 0 aromatic carbocycles. The zero-order chi connectivity index (χ0) is 13.2. The summed E-state index contributed by atoms with van der Waals surface area (Å²) in [5.41, 5.74) is 2.82. The van der Waals surface area contributed by atoms with Crippen LogP contribution in [0.25, 0.3) is 0 Å². The average Bonchev–Trinajstić information content (AvgIpc) is 2.57. The van der Waals surface area contributed by atoms with E-state index >= 15 is 0 Å². The number of hydrogen-bond acceptors (Lipinski definition) is 3. The van der Waals surface area contributed by atoms with Crippen LogP contribution in [0.5, 0.6) is 0 Å². The smallest absolute Gasteiger partial charge is 0.364 e. The van der Waals surface area contributed by atoms with E-state index in [1.54, 1.807) is 0 Å². The molecule has 1 amide bonds. The molecule has 0 bridgehead atoms. The molecule has 5 nitrogen and oxygen atoms in total. The molecule has 1 aromatic rings. The number of aromatic nitrogens is 3. The summed E-state index contributed by atoms with van der Waals surface area (Å²) in [7, 11) is 0. The molecule has 0 fully saturated rings. The molecule has 0 spiro atoms. The van der Waals surface area contributed by atoms with Crippen molar-refractivity contribution in [1.29, 1.82) is 0 Å². The van der Waals surface area contributed by atoms with Gasteiger partial charge in [-0.1, -0.05) is 19.1 Å². The van der Waals surface area contributed by atoms with Crippen molar-refractivity contribution in [3.8, 4) is 0 Å². The van der Waals surface area contributed by atoms with Crippen molar-refractivity contribution in [2.45, 2.75) is 33.0 Å². The highest BCUT2D eigenvalue weighted by molar-refractivity contribution is 5.91. The number of nitrogens with zero attached hydrogens (tertiary/aromatic N) is 3.